The quantitative estimate of drug-likeness (QED) is 0.677. The SMILES string of the molecule is COc1cc(C#N)ccc1-c1ccc(OC)c2nc(C3(C(=O)NC(C)C)CC3)nn12. The summed E-state index contributed by atoms with van der Waals surface area (Å²) in [6, 6.07) is 11.1. The highest BCUT2D eigenvalue weighted by Crippen LogP contribution is 2.47. The molecular formula is C22H23N5O3. The lowest BCUT2D eigenvalue weighted by Crippen LogP contribution is -2.39. The zero-order valence-electron chi connectivity index (χ0n) is 17.4. The first kappa shape index (κ1) is 19.7. The number of hydrogen-bond acceptors (Lipinski definition) is 6. The third kappa shape index (κ3) is 3.12. The summed E-state index contributed by atoms with van der Waals surface area (Å²) in [5.74, 6) is 1.55. The molecule has 1 aliphatic rings. The molecule has 0 saturated heterocycles. The van der Waals surface area contributed by atoms with E-state index in [4.69, 9.17) is 19.6 Å². The second kappa shape index (κ2) is 7.34. The fourth-order valence-electron chi connectivity index (χ4n) is 3.56. The summed E-state index contributed by atoms with van der Waals surface area (Å²) in [7, 11) is 3.13. The van der Waals surface area contributed by atoms with Gasteiger partial charge in [0.25, 0.3) is 0 Å². The van der Waals surface area contributed by atoms with Crippen LogP contribution in [0.15, 0.2) is 30.3 Å². The Hall–Kier alpha value is -3.60. The molecule has 1 saturated carbocycles. The number of aromatic nitrogens is 3. The lowest BCUT2D eigenvalue weighted by molar-refractivity contribution is -0.124. The summed E-state index contributed by atoms with van der Waals surface area (Å²) < 4.78 is 12.7. The van der Waals surface area contributed by atoms with Crippen LogP contribution < -0.4 is 14.8 Å². The van der Waals surface area contributed by atoms with Gasteiger partial charge in [-0.1, -0.05) is 0 Å². The molecule has 0 radical (unpaired) electrons. The highest BCUT2D eigenvalue weighted by Gasteiger charge is 2.55. The molecule has 154 valence electrons. The number of methoxy groups -OCH3 is 2. The molecule has 8 nitrogen and oxygen atoms in total. The number of benzene rings is 1. The van der Waals surface area contributed by atoms with Crippen LogP contribution in [-0.4, -0.2) is 40.8 Å². The standard InChI is InChI=1S/C22H23N5O3/c1-13(2)24-21(28)22(9-10-22)20-25-19-17(29-3)8-7-16(27(19)26-20)15-6-5-14(12-23)11-18(15)30-4/h5-8,11,13H,9-10H2,1-4H3,(H,24,28). The predicted molar refractivity (Wildman–Crippen MR) is 110 cm³/mol. The van der Waals surface area contributed by atoms with Gasteiger partial charge in [0, 0.05) is 11.6 Å². The molecule has 0 aliphatic heterocycles. The third-order valence-electron chi connectivity index (χ3n) is 5.31. The zero-order valence-corrected chi connectivity index (χ0v) is 17.4. The number of pyridine rings is 1. The Bertz CT molecular complexity index is 1170. The average molecular weight is 405 g/mol. The maximum absolute atomic E-state index is 12.8. The van der Waals surface area contributed by atoms with Gasteiger partial charge in [0.15, 0.2) is 17.2 Å². The normalized spacial score (nSPS) is 14.4. The molecule has 0 atom stereocenters. The van der Waals surface area contributed by atoms with Crippen molar-refractivity contribution < 1.29 is 14.3 Å². The smallest absolute Gasteiger partial charge is 0.234 e. The minimum absolute atomic E-state index is 0.0417. The molecule has 0 unspecified atom stereocenters. The van der Waals surface area contributed by atoms with E-state index in [0.29, 0.717) is 41.4 Å². The van der Waals surface area contributed by atoms with Gasteiger partial charge in [-0.2, -0.15) is 5.26 Å². The molecule has 30 heavy (non-hydrogen) atoms. The van der Waals surface area contributed by atoms with Crippen LogP contribution in [0.1, 0.15) is 38.1 Å². The number of nitrogens with one attached hydrogen (secondary N) is 1. The summed E-state index contributed by atoms with van der Waals surface area (Å²) in [6.07, 6.45) is 1.42. The number of nitriles is 1. The minimum Gasteiger partial charge on any atom is -0.496 e. The van der Waals surface area contributed by atoms with Gasteiger partial charge in [-0.25, -0.2) is 9.50 Å². The number of carbonyl (C=O) groups excluding carboxylic acids is 1. The second-order valence-corrected chi connectivity index (χ2v) is 7.69. The minimum atomic E-state index is -0.701. The molecule has 1 amide bonds. The first-order valence-corrected chi connectivity index (χ1v) is 9.77. The van der Waals surface area contributed by atoms with Crippen molar-refractivity contribution in [3.63, 3.8) is 0 Å². The highest BCUT2D eigenvalue weighted by atomic mass is 16.5. The maximum Gasteiger partial charge on any atom is 0.234 e. The summed E-state index contributed by atoms with van der Waals surface area (Å²) >= 11 is 0. The van der Waals surface area contributed by atoms with E-state index in [1.807, 2.05) is 32.0 Å². The van der Waals surface area contributed by atoms with Crippen LogP contribution in [0, 0.1) is 11.3 Å². The molecule has 1 aromatic carbocycles. The molecule has 1 N–H and O–H groups in total. The van der Waals surface area contributed by atoms with Crippen LogP contribution in [-0.2, 0) is 10.2 Å². The largest absolute Gasteiger partial charge is 0.496 e. The van der Waals surface area contributed by atoms with E-state index in [2.05, 4.69) is 11.4 Å². The fourth-order valence-corrected chi connectivity index (χ4v) is 3.56. The van der Waals surface area contributed by atoms with Crippen molar-refractivity contribution in [1.29, 1.82) is 5.26 Å². The van der Waals surface area contributed by atoms with E-state index in [-0.39, 0.29) is 11.9 Å². The number of nitrogens with zero attached hydrogens (tertiary/aromatic N) is 4. The fraction of sp³-hybridized carbons (Fsp3) is 0.364. The lowest BCUT2D eigenvalue weighted by Gasteiger charge is -2.14. The number of fused-ring (bicyclic) bond motifs is 1. The van der Waals surface area contributed by atoms with Gasteiger partial charge in [0.2, 0.25) is 5.91 Å². The third-order valence-corrected chi connectivity index (χ3v) is 5.31. The summed E-state index contributed by atoms with van der Waals surface area (Å²) in [4.78, 5) is 17.5. The molecule has 1 fully saturated rings. The van der Waals surface area contributed by atoms with E-state index in [1.165, 1.54) is 0 Å². The van der Waals surface area contributed by atoms with Crippen LogP contribution in [0.4, 0.5) is 0 Å². The Labute approximate surface area is 174 Å². The number of hydrogen-bond donors (Lipinski definition) is 1. The molecule has 1 aliphatic carbocycles. The molecular weight excluding hydrogens is 382 g/mol. The van der Waals surface area contributed by atoms with Gasteiger partial charge < -0.3 is 14.8 Å². The molecule has 4 rings (SSSR count). The Morgan fingerprint density at radius 2 is 1.93 bits per heavy atom. The van der Waals surface area contributed by atoms with Crippen LogP contribution in [0.3, 0.4) is 0 Å². The first-order chi connectivity index (χ1) is 14.4. The Morgan fingerprint density at radius 1 is 1.20 bits per heavy atom. The molecule has 0 bridgehead atoms. The Morgan fingerprint density at radius 3 is 2.53 bits per heavy atom. The Kier molecular flexibility index (Phi) is 4.82. The van der Waals surface area contributed by atoms with Crippen molar-refractivity contribution in [3.8, 4) is 28.8 Å². The monoisotopic (exact) mass is 405 g/mol. The second-order valence-electron chi connectivity index (χ2n) is 7.69. The van der Waals surface area contributed by atoms with Crippen molar-refractivity contribution in [3.05, 3.63) is 41.7 Å². The van der Waals surface area contributed by atoms with Gasteiger partial charge in [-0.3, -0.25) is 4.79 Å². The predicted octanol–water partition coefficient (Wildman–Crippen LogP) is 2.84. The lowest BCUT2D eigenvalue weighted by atomic mass is 10.1. The van der Waals surface area contributed by atoms with Gasteiger partial charge in [-0.15, -0.1) is 5.10 Å². The first-order valence-electron chi connectivity index (χ1n) is 9.77. The van der Waals surface area contributed by atoms with Crippen molar-refractivity contribution >= 4 is 11.6 Å². The maximum atomic E-state index is 12.8. The molecule has 3 aromatic rings. The van der Waals surface area contributed by atoms with Crippen LogP contribution in [0.5, 0.6) is 11.5 Å². The summed E-state index contributed by atoms with van der Waals surface area (Å²) in [5.41, 5.74) is 1.82. The van der Waals surface area contributed by atoms with E-state index in [1.54, 1.807) is 30.9 Å². The number of ether oxygens (including phenoxy) is 2. The molecule has 2 heterocycles. The molecule has 8 heteroatoms. The summed E-state index contributed by atoms with van der Waals surface area (Å²) in [5, 5.41) is 16.9. The topological polar surface area (TPSA) is 102 Å². The zero-order chi connectivity index (χ0) is 21.5. The molecule has 0 spiro atoms. The molecule has 2 aromatic heterocycles. The van der Waals surface area contributed by atoms with Crippen LogP contribution in [0.2, 0.25) is 0 Å². The van der Waals surface area contributed by atoms with Crippen LogP contribution in [0.25, 0.3) is 16.9 Å². The average Bonchev–Trinajstić information content (AvgIpc) is 3.44. The number of amides is 1. The van der Waals surface area contributed by atoms with Crippen molar-refractivity contribution in [2.45, 2.75) is 38.1 Å². The van der Waals surface area contributed by atoms with E-state index < -0.39 is 5.41 Å². The highest BCUT2D eigenvalue weighted by molar-refractivity contribution is 5.90. The van der Waals surface area contributed by atoms with E-state index >= 15 is 0 Å². The van der Waals surface area contributed by atoms with Crippen molar-refractivity contribution in [1.82, 2.24) is 19.9 Å². The van der Waals surface area contributed by atoms with Crippen molar-refractivity contribution in [2.75, 3.05) is 14.2 Å². The van der Waals surface area contributed by atoms with Crippen molar-refractivity contribution in [2.24, 2.45) is 0 Å². The summed E-state index contributed by atoms with van der Waals surface area (Å²) in [6.45, 7) is 3.87. The Balaban J connectivity index is 1.88. The van der Waals surface area contributed by atoms with E-state index in [9.17, 15) is 10.1 Å². The van der Waals surface area contributed by atoms with Gasteiger partial charge in [-0.05, 0) is 57.0 Å². The van der Waals surface area contributed by atoms with Gasteiger partial charge >= 0.3 is 0 Å². The van der Waals surface area contributed by atoms with Gasteiger partial charge in [0.05, 0.1) is 31.5 Å². The van der Waals surface area contributed by atoms with Crippen LogP contribution >= 0.6 is 0 Å². The number of carbonyl (C=O) groups is 1. The number of rotatable bonds is 6. The van der Waals surface area contributed by atoms with E-state index in [0.717, 1.165) is 11.3 Å². The van der Waals surface area contributed by atoms with Gasteiger partial charge in [0.1, 0.15) is 11.2 Å².